The number of nitrogens with one attached hydrogen (secondary N) is 1. The van der Waals surface area contributed by atoms with Crippen LogP contribution in [0.1, 0.15) is 5.69 Å². The topological polar surface area (TPSA) is 77.7 Å². The maximum Gasteiger partial charge on any atom is 0.185 e. The van der Waals surface area contributed by atoms with E-state index in [0.717, 1.165) is 18.7 Å². The molecule has 0 unspecified atom stereocenters. The molecular weight excluding hydrogens is 240 g/mol. The summed E-state index contributed by atoms with van der Waals surface area (Å²) in [5.74, 6) is 1.26. The Balaban J connectivity index is 1.91. The molecule has 6 nitrogen and oxygen atoms in total. The van der Waals surface area contributed by atoms with Crippen molar-refractivity contribution in [3.63, 3.8) is 0 Å². The van der Waals surface area contributed by atoms with Crippen LogP contribution in [-0.4, -0.2) is 28.5 Å². The second-order valence-electron chi connectivity index (χ2n) is 3.92. The van der Waals surface area contributed by atoms with Crippen LogP contribution in [0.5, 0.6) is 0 Å². The molecule has 0 spiro atoms. The SMILES string of the molecule is CN(C#N)c1cc(NCCc2ccccn2)ncn1. The first-order valence-corrected chi connectivity index (χ1v) is 5.89. The summed E-state index contributed by atoms with van der Waals surface area (Å²) in [4.78, 5) is 13.8. The van der Waals surface area contributed by atoms with E-state index in [-0.39, 0.29) is 0 Å². The van der Waals surface area contributed by atoms with E-state index in [2.05, 4.69) is 20.3 Å². The van der Waals surface area contributed by atoms with Crippen molar-refractivity contribution < 1.29 is 0 Å². The van der Waals surface area contributed by atoms with Crippen molar-refractivity contribution in [2.24, 2.45) is 0 Å². The highest BCUT2D eigenvalue weighted by Gasteiger charge is 2.02. The van der Waals surface area contributed by atoms with Crippen LogP contribution in [0.25, 0.3) is 0 Å². The standard InChI is InChI=1S/C13H14N6/c1-19(9-14)13-8-12(17-10-18-13)16-7-5-11-4-2-3-6-15-11/h2-4,6,8,10H,5,7H2,1H3,(H,16,17,18). The molecule has 6 heteroatoms. The highest BCUT2D eigenvalue weighted by Crippen LogP contribution is 2.11. The van der Waals surface area contributed by atoms with Gasteiger partial charge in [0.2, 0.25) is 0 Å². The smallest absolute Gasteiger partial charge is 0.185 e. The average Bonchev–Trinajstić information content (AvgIpc) is 2.48. The summed E-state index contributed by atoms with van der Waals surface area (Å²) in [6, 6.07) is 7.58. The van der Waals surface area contributed by atoms with Crippen LogP contribution >= 0.6 is 0 Å². The fourth-order valence-corrected chi connectivity index (χ4v) is 1.54. The van der Waals surface area contributed by atoms with Gasteiger partial charge in [-0.15, -0.1) is 0 Å². The number of nitriles is 1. The molecule has 2 aromatic rings. The number of rotatable bonds is 5. The van der Waals surface area contributed by atoms with Gasteiger partial charge in [0.25, 0.3) is 0 Å². The zero-order valence-corrected chi connectivity index (χ0v) is 10.6. The highest BCUT2D eigenvalue weighted by molar-refractivity contribution is 5.50. The van der Waals surface area contributed by atoms with E-state index in [9.17, 15) is 0 Å². The van der Waals surface area contributed by atoms with Crippen molar-refractivity contribution in [3.05, 3.63) is 42.5 Å². The summed E-state index contributed by atoms with van der Waals surface area (Å²) in [6.45, 7) is 0.726. The van der Waals surface area contributed by atoms with Crippen LogP contribution < -0.4 is 10.2 Å². The molecule has 0 saturated heterocycles. The molecule has 0 aliphatic rings. The molecule has 0 bridgehead atoms. The molecule has 0 atom stereocenters. The molecule has 0 aliphatic carbocycles. The lowest BCUT2D eigenvalue weighted by molar-refractivity contribution is 0.949. The molecule has 2 heterocycles. The Morgan fingerprint density at radius 1 is 1.32 bits per heavy atom. The van der Waals surface area contributed by atoms with Gasteiger partial charge in [0.1, 0.15) is 18.0 Å². The van der Waals surface area contributed by atoms with Gasteiger partial charge in [0.05, 0.1) is 0 Å². The molecule has 0 aromatic carbocycles. The van der Waals surface area contributed by atoms with Crippen molar-refractivity contribution in [2.45, 2.75) is 6.42 Å². The minimum atomic E-state index is 0.567. The van der Waals surface area contributed by atoms with Gasteiger partial charge in [-0.25, -0.2) is 9.97 Å². The molecule has 0 aliphatic heterocycles. The van der Waals surface area contributed by atoms with E-state index in [1.165, 1.54) is 11.2 Å². The van der Waals surface area contributed by atoms with Gasteiger partial charge in [-0.3, -0.25) is 9.88 Å². The lowest BCUT2D eigenvalue weighted by Crippen LogP contribution is -2.12. The van der Waals surface area contributed by atoms with E-state index in [0.29, 0.717) is 11.6 Å². The number of nitrogens with zero attached hydrogens (tertiary/aromatic N) is 5. The van der Waals surface area contributed by atoms with Gasteiger partial charge in [-0.05, 0) is 12.1 Å². The van der Waals surface area contributed by atoms with Gasteiger partial charge in [0.15, 0.2) is 6.19 Å². The lowest BCUT2D eigenvalue weighted by Gasteiger charge is -2.09. The predicted molar refractivity (Wildman–Crippen MR) is 72.5 cm³/mol. The van der Waals surface area contributed by atoms with Crippen molar-refractivity contribution in [2.75, 3.05) is 23.8 Å². The molecule has 2 aromatic heterocycles. The van der Waals surface area contributed by atoms with Gasteiger partial charge >= 0.3 is 0 Å². The summed E-state index contributed by atoms with van der Waals surface area (Å²) in [5.41, 5.74) is 1.03. The fraction of sp³-hybridized carbons (Fsp3) is 0.231. The van der Waals surface area contributed by atoms with Crippen LogP contribution in [0.4, 0.5) is 11.6 Å². The molecule has 0 saturated carbocycles. The number of anilines is 2. The molecule has 1 N–H and O–H groups in total. The Hall–Kier alpha value is -2.68. The average molecular weight is 254 g/mol. The number of hydrogen-bond donors (Lipinski definition) is 1. The van der Waals surface area contributed by atoms with Crippen LogP contribution in [-0.2, 0) is 6.42 Å². The third-order valence-electron chi connectivity index (χ3n) is 2.56. The van der Waals surface area contributed by atoms with Crippen molar-refractivity contribution >= 4 is 11.6 Å². The van der Waals surface area contributed by atoms with Crippen molar-refractivity contribution in [1.82, 2.24) is 15.0 Å². The monoisotopic (exact) mass is 254 g/mol. The van der Waals surface area contributed by atoms with E-state index in [1.807, 2.05) is 24.4 Å². The summed E-state index contributed by atoms with van der Waals surface area (Å²) in [7, 11) is 1.65. The van der Waals surface area contributed by atoms with Crippen molar-refractivity contribution in [1.29, 1.82) is 5.26 Å². The third kappa shape index (κ3) is 3.64. The van der Waals surface area contributed by atoms with Crippen molar-refractivity contribution in [3.8, 4) is 6.19 Å². The van der Waals surface area contributed by atoms with E-state index < -0.39 is 0 Å². The Labute approximate surface area is 111 Å². The van der Waals surface area contributed by atoms with E-state index >= 15 is 0 Å². The fourth-order valence-electron chi connectivity index (χ4n) is 1.54. The van der Waals surface area contributed by atoms with E-state index in [4.69, 9.17) is 5.26 Å². The maximum atomic E-state index is 8.79. The molecule has 0 amide bonds. The van der Waals surface area contributed by atoms with Gasteiger partial charge in [-0.1, -0.05) is 6.07 Å². The zero-order chi connectivity index (χ0) is 13.5. The maximum absolute atomic E-state index is 8.79. The van der Waals surface area contributed by atoms with E-state index in [1.54, 1.807) is 19.3 Å². The van der Waals surface area contributed by atoms with Crippen LogP contribution in [0.3, 0.4) is 0 Å². The summed E-state index contributed by atoms with van der Waals surface area (Å²) in [5, 5.41) is 12.0. The second-order valence-corrected chi connectivity index (χ2v) is 3.92. The summed E-state index contributed by atoms with van der Waals surface area (Å²) >= 11 is 0. The van der Waals surface area contributed by atoms with Crippen LogP contribution in [0.2, 0.25) is 0 Å². The summed E-state index contributed by atoms with van der Waals surface area (Å²) < 4.78 is 0. The van der Waals surface area contributed by atoms with Crippen LogP contribution in [0.15, 0.2) is 36.8 Å². The van der Waals surface area contributed by atoms with Crippen LogP contribution in [0, 0.1) is 11.5 Å². The first-order chi connectivity index (χ1) is 9.29. The first-order valence-electron chi connectivity index (χ1n) is 5.89. The molecule has 0 fully saturated rings. The second kappa shape index (κ2) is 6.31. The zero-order valence-electron chi connectivity index (χ0n) is 10.6. The minimum Gasteiger partial charge on any atom is -0.370 e. The molecular formula is C13H14N6. The first kappa shape index (κ1) is 12.8. The molecule has 96 valence electrons. The highest BCUT2D eigenvalue weighted by atomic mass is 15.2. The van der Waals surface area contributed by atoms with Gasteiger partial charge < -0.3 is 5.32 Å². The quantitative estimate of drug-likeness (QED) is 0.642. The summed E-state index contributed by atoms with van der Waals surface area (Å²) in [6.07, 6.45) is 6.02. The Kier molecular flexibility index (Phi) is 4.24. The largest absolute Gasteiger partial charge is 0.370 e. The predicted octanol–water partition coefficient (Wildman–Crippen LogP) is 1.44. The molecule has 19 heavy (non-hydrogen) atoms. The molecule has 0 radical (unpaired) electrons. The lowest BCUT2D eigenvalue weighted by atomic mass is 10.3. The Bertz CT molecular complexity index is 563. The minimum absolute atomic E-state index is 0.567. The molecule has 2 rings (SSSR count). The third-order valence-corrected chi connectivity index (χ3v) is 2.56. The van der Waals surface area contributed by atoms with Gasteiger partial charge in [0, 0.05) is 38.0 Å². The number of aromatic nitrogens is 3. The van der Waals surface area contributed by atoms with Gasteiger partial charge in [-0.2, -0.15) is 5.26 Å². The number of hydrogen-bond acceptors (Lipinski definition) is 6. The number of pyridine rings is 1. The Morgan fingerprint density at radius 2 is 2.21 bits per heavy atom. The normalized spacial score (nSPS) is 9.68. The Morgan fingerprint density at radius 3 is 2.95 bits per heavy atom.